The van der Waals surface area contributed by atoms with Crippen molar-refractivity contribution >= 4 is 5.69 Å². The van der Waals surface area contributed by atoms with Gasteiger partial charge in [-0.15, -0.1) is 0 Å². The van der Waals surface area contributed by atoms with E-state index in [9.17, 15) is 38.0 Å². The molecule has 0 spiro atoms. The van der Waals surface area contributed by atoms with E-state index in [1.807, 2.05) is 0 Å². The third kappa shape index (κ3) is 2.67. The van der Waals surface area contributed by atoms with Crippen molar-refractivity contribution < 1.29 is 23.2 Å². The number of nitro groups is 1. The van der Waals surface area contributed by atoms with E-state index in [-0.39, 0.29) is 15.2 Å². The number of benzene rings is 1. The first kappa shape index (κ1) is 16.3. The molecule has 2 aromatic rings. The van der Waals surface area contributed by atoms with Crippen LogP contribution in [0.15, 0.2) is 33.9 Å². The predicted molar refractivity (Wildman–Crippen MR) is 70.6 cm³/mol. The number of nitrogens with zero attached hydrogens (tertiary/aromatic N) is 3. The molecule has 1 N–H and O–H groups in total. The Balaban J connectivity index is 2.91. The smallest absolute Gasteiger partial charge is 0.431 e. The molecule has 0 radical (unpaired) electrons. The largest absolute Gasteiger partial charge is 0.502 e. The van der Waals surface area contributed by atoms with E-state index in [2.05, 4.69) is 0 Å². The molecule has 0 saturated heterocycles. The van der Waals surface area contributed by atoms with Crippen LogP contribution in [0.2, 0.25) is 0 Å². The van der Waals surface area contributed by atoms with Gasteiger partial charge in [0.25, 0.3) is 5.56 Å². The topological polar surface area (TPSA) is 107 Å². The molecule has 122 valence electrons. The normalized spacial score (nSPS) is 11.5. The summed E-state index contributed by atoms with van der Waals surface area (Å²) in [4.78, 5) is 33.9. The van der Waals surface area contributed by atoms with Crippen LogP contribution in [0.5, 0.6) is 5.75 Å². The van der Waals surface area contributed by atoms with Crippen molar-refractivity contribution in [2.75, 3.05) is 0 Å². The van der Waals surface area contributed by atoms with Gasteiger partial charge in [0.15, 0.2) is 5.75 Å². The van der Waals surface area contributed by atoms with Crippen molar-refractivity contribution in [3.8, 4) is 11.4 Å². The third-order valence-corrected chi connectivity index (χ3v) is 3.03. The molecule has 0 fully saturated rings. The second kappa shape index (κ2) is 5.26. The van der Waals surface area contributed by atoms with Gasteiger partial charge in [0.1, 0.15) is 11.4 Å². The number of hydrogen-bond donors (Lipinski definition) is 1. The van der Waals surface area contributed by atoms with Crippen LogP contribution >= 0.6 is 0 Å². The Hall–Kier alpha value is -3.11. The number of hydrogen-bond acceptors (Lipinski definition) is 5. The van der Waals surface area contributed by atoms with Gasteiger partial charge in [-0.05, 0) is 12.1 Å². The van der Waals surface area contributed by atoms with Crippen LogP contribution in [-0.2, 0) is 13.2 Å². The summed E-state index contributed by atoms with van der Waals surface area (Å²) in [5, 5.41) is 20.5. The molecular formula is C12H8F3N3O5. The van der Waals surface area contributed by atoms with Crippen LogP contribution in [0.1, 0.15) is 5.69 Å². The number of nitro benzene ring substituents is 1. The van der Waals surface area contributed by atoms with Crippen LogP contribution < -0.4 is 11.2 Å². The van der Waals surface area contributed by atoms with Crippen molar-refractivity contribution in [1.82, 2.24) is 9.13 Å². The van der Waals surface area contributed by atoms with Gasteiger partial charge in [0.05, 0.1) is 4.92 Å². The molecule has 8 nitrogen and oxygen atoms in total. The molecule has 0 aliphatic heterocycles. The van der Waals surface area contributed by atoms with Gasteiger partial charge in [-0.3, -0.25) is 19.5 Å². The van der Waals surface area contributed by atoms with Crippen LogP contribution in [0.4, 0.5) is 18.9 Å². The first-order valence-corrected chi connectivity index (χ1v) is 5.92. The van der Waals surface area contributed by atoms with Gasteiger partial charge in [-0.2, -0.15) is 13.2 Å². The van der Waals surface area contributed by atoms with E-state index >= 15 is 0 Å². The fourth-order valence-electron chi connectivity index (χ4n) is 2.01. The highest BCUT2D eigenvalue weighted by Gasteiger charge is 2.35. The Bertz CT molecular complexity index is 914. The van der Waals surface area contributed by atoms with Gasteiger partial charge in [-0.1, -0.05) is 6.07 Å². The molecule has 2 rings (SSSR count). The maximum absolute atomic E-state index is 12.8. The van der Waals surface area contributed by atoms with Crippen molar-refractivity contribution in [1.29, 1.82) is 0 Å². The van der Waals surface area contributed by atoms with Gasteiger partial charge in [-0.25, -0.2) is 9.36 Å². The van der Waals surface area contributed by atoms with Gasteiger partial charge in [0, 0.05) is 13.1 Å². The lowest BCUT2D eigenvalue weighted by Crippen LogP contribution is -2.40. The number of phenols is 1. The lowest BCUT2D eigenvalue weighted by Gasteiger charge is -2.14. The minimum absolute atomic E-state index is 0.148. The Labute approximate surface area is 124 Å². The van der Waals surface area contributed by atoms with Crippen LogP contribution in [0.3, 0.4) is 0 Å². The first-order valence-electron chi connectivity index (χ1n) is 5.92. The van der Waals surface area contributed by atoms with E-state index in [1.165, 1.54) is 0 Å². The monoisotopic (exact) mass is 331 g/mol. The maximum Gasteiger partial charge on any atom is 0.431 e. The highest BCUT2D eigenvalue weighted by atomic mass is 19.4. The molecule has 0 aliphatic rings. The molecule has 1 aromatic carbocycles. The second-order valence-corrected chi connectivity index (χ2v) is 4.44. The lowest BCUT2D eigenvalue weighted by molar-refractivity contribution is -0.385. The average Bonchev–Trinajstić information content (AvgIpc) is 2.41. The van der Waals surface area contributed by atoms with E-state index in [1.54, 1.807) is 0 Å². The number of para-hydroxylation sites is 1. The van der Waals surface area contributed by atoms with E-state index < -0.39 is 45.2 Å². The quantitative estimate of drug-likeness (QED) is 0.656. The molecular weight excluding hydrogens is 323 g/mol. The molecule has 0 atom stereocenters. The zero-order valence-electron chi connectivity index (χ0n) is 11.4. The summed E-state index contributed by atoms with van der Waals surface area (Å²) >= 11 is 0. The number of halogens is 3. The fraction of sp³-hybridized carbons (Fsp3) is 0.167. The molecule has 0 bridgehead atoms. The standard InChI is InChI=1S/C12H8F3N3O5/c1-16-8(12(13,14)15)5-9(20)17(11(16)21)6-3-2-4-7(19)10(6)18(22)23/h2-5,19H,1H3. The van der Waals surface area contributed by atoms with Gasteiger partial charge >= 0.3 is 17.6 Å². The number of aromatic nitrogens is 2. The van der Waals surface area contributed by atoms with Crippen molar-refractivity contribution in [3.63, 3.8) is 0 Å². The molecule has 1 heterocycles. The molecule has 1 aromatic heterocycles. The lowest BCUT2D eigenvalue weighted by atomic mass is 10.2. The summed E-state index contributed by atoms with van der Waals surface area (Å²) in [5.74, 6) is -0.832. The SMILES string of the molecule is Cn1c(C(F)(F)F)cc(=O)n(-c2cccc(O)c2[N+](=O)[O-])c1=O. The zero-order valence-corrected chi connectivity index (χ0v) is 11.4. The van der Waals surface area contributed by atoms with Crippen LogP contribution in [0, 0.1) is 10.1 Å². The second-order valence-electron chi connectivity index (χ2n) is 4.44. The molecule has 23 heavy (non-hydrogen) atoms. The van der Waals surface area contributed by atoms with Crippen LogP contribution in [-0.4, -0.2) is 19.2 Å². The van der Waals surface area contributed by atoms with E-state index in [4.69, 9.17) is 0 Å². The summed E-state index contributed by atoms with van der Waals surface area (Å²) < 4.78 is 38.6. The summed E-state index contributed by atoms with van der Waals surface area (Å²) in [5.41, 5.74) is -5.93. The summed E-state index contributed by atoms with van der Waals surface area (Å²) in [6, 6.07) is 3.17. The molecule has 11 heteroatoms. The summed E-state index contributed by atoms with van der Waals surface area (Å²) in [7, 11) is 0.774. The number of alkyl halides is 3. The Kier molecular flexibility index (Phi) is 3.72. The van der Waals surface area contributed by atoms with Gasteiger partial charge in [0.2, 0.25) is 0 Å². The Morgan fingerprint density at radius 1 is 1.26 bits per heavy atom. The van der Waals surface area contributed by atoms with E-state index in [0.717, 1.165) is 25.2 Å². The fourth-order valence-corrected chi connectivity index (χ4v) is 2.01. The van der Waals surface area contributed by atoms with Crippen molar-refractivity contribution in [2.45, 2.75) is 6.18 Å². The zero-order chi connectivity index (χ0) is 17.5. The highest BCUT2D eigenvalue weighted by molar-refractivity contribution is 5.60. The number of rotatable bonds is 2. The predicted octanol–water partition coefficient (Wildman–Crippen LogP) is 1.17. The number of aromatic hydroxyl groups is 1. The summed E-state index contributed by atoms with van der Waals surface area (Å²) in [6.45, 7) is 0. The van der Waals surface area contributed by atoms with Crippen molar-refractivity contribution in [2.24, 2.45) is 7.05 Å². The summed E-state index contributed by atoms with van der Waals surface area (Å²) in [6.07, 6.45) is -4.95. The molecule has 0 saturated carbocycles. The van der Waals surface area contributed by atoms with Gasteiger partial charge < -0.3 is 5.11 Å². The molecule has 0 amide bonds. The minimum Gasteiger partial charge on any atom is -0.502 e. The van der Waals surface area contributed by atoms with E-state index in [0.29, 0.717) is 0 Å². The molecule has 0 aliphatic carbocycles. The Morgan fingerprint density at radius 2 is 1.87 bits per heavy atom. The average molecular weight is 331 g/mol. The van der Waals surface area contributed by atoms with Crippen LogP contribution in [0.25, 0.3) is 5.69 Å². The minimum atomic E-state index is -4.95. The molecule has 0 unspecified atom stereocenters. The highest BCUT2D eigenvalue weighted by Crippen LogP contribution is 2.31. The number of phenolic OH excluding ortho intramolecular Hbond substituents is 1. The maximum atomic E-state index is 12.8. The van der Waals surface area contributed by atoms with Crippen molar-refractivity contribution in [3.05, 3.63) is 60.9 Å². The first-order chi connectivity index (χ1) is 10.6. The third-order valence-electron chi connectivity index (χ3n) is 3.03. The Morgan fingerprint density at radius 3 is 2.39 bits per heavy atom.